The van der Waals surface area contributed by atoms with Crippen LogP contribution in [0, 0.1) is 5.92 Å². The van der Waals surface area contributed by atoms with Crippen LogP contribution in [0.2, 0.25) is 5.02 Å². The predicted molar refractivity (Wildman–Crippen MR) is 123 cm³/mol. The Morgan fingerprint density at radius 2 is 1.90 bits per heavy atom. The first-order chi connectivity index (χ1) is 14.5. The van der Waals surface area contributed by atoms with Gasteiger partial charge in [0.15, 0.2) is 11.5 Å². The zero-order chi connectivity index (χ0) is 21.5. The quantitative estimate of drug-likeness (QED) is 0.431. The van der Waals surface area contributed by atoms with E-state index in [4.69, 9.17) is 21.1 Å². The maximum Gasteiger partial charge on any atom is 0.251 e. The second-order valence-electron chi connectivity index (χ2n) is 7.32. The van der Waals surface area contributed by atoms with E-state index in [0.29, 0.717) is 41.2 Å². The Bertz CT molecular complexity index is 972. The van der Waals surface area contributed by atoms with E-state index in [1.165, 1.54) is 4.88 Å². The summed E-state index contributed by atoms with van der Waals surface area (Å²) in [4.78, 5) is 14.0. The molecule has 0 bridgehead atoms. The van der Waals surface area contributed by atoms with Gasteiger partial charge in [-0.15, -0.1) is 11.3 Å². The van der Waals surface area contributed by atoms with Gasteiger partial charge in [0.05, 0.1) is 7.11 Å². The van der Waals surface area contributed by atoms with Crippen LogP contribution >= 0.6 is 22.9 Å². The lowest BCUT2D eigenvalue weighted by atomic mass is 9.94. The molecule has 6 heteroatoms. The van der Waals surface area contributed by atoms with Crippen molar-refractivity contribution in [3.8, 4) is 11.5 Å². The van der Waals surface area contributed by atoms with Crippen molar-refractivity contribution in [3.63, 3.8) is 0 Å². The van der Waals surface area contributed by atoms with Crippen LogP contribution in [0.15, 0.2) is 60.0 Å². The number of rotatable bonds is 9. The standard InChI is InChI=1S/C24H26ClNO3S/c1-16(2)19(23-9-6-12-30-23)14-26-24(27)17-10-11-21(22(13-17)28-3)29-15-18-7-4-5-8-20(18)25/h4-13,16,19H,14-15H2,1-3H3,(H,26,27). The Balaban J connectivity index is 1.66. The second kappa shape index (κ2) is 10.5. The molecule has 3 aromatic rings. The third-order valence-electron chi connectivity index (χ3n) is 4.96. The molecule has 1 heterocycles. The van der Waals surface area contributed by atoms with Gasteiger partial charge in [0.25, 0.3) is 5.91 Å². The van der Waals surface area contributed by atoms with Gasteiger partial charge in [-0.25, -0.2) is 0 Å². The fourth-order valence-corrected chi connectivity index (χ4v) is 4.36. The van der Waals surface area contributed by atoms with E-state index < -0.39 is 0 Å². The minimum atomic E-state index is -0.131. The third-order valence-corrected chi connectivity index (χ3v) is 6.34. The lowest BCUT2D eigenvalue weighted by molar-refractivity contribution is 0.0949. The molecule has 0 fully saturated rings. The van der Waals surface area contributed by atoms with Gasteiger partial charge in [0.2, 0.25) is 0 Å². The minimum absolute atomic E-state index is 0.131. The number of hydrogen-bond acceptors (Lipinski definition) is 4. The third kappa shape index (κ3) is 5.55. The normalized spacial score (nSPS) is 11.9. The molecule has 30 heavy (non-hydrogen) atoms. The van der Waals surface area contributed by atoms with Crippen molar-refractivity contribution in [1.82, 2.24) is 5.32 Å². The Morgan fingerprint density at radius 3 is 2.57 bits per heavy atom. The van der Waals surface area contributed by atoms with Gasteiger partial charge < -0.3 is 14.8 Å². The summed E-state index contributed by atoms with van der Waals surface area (Å²) in [6.45, 7) is 5.25. The summed E-state index contributed by atoms with van der Waals surface area (Å²) in [7, 11) is 1.56. The van der Waals surface area contributed by atoms with Gasteiger partial charge in [-0.2, -0.15) is 0 Å². The summed E-state index contributed by atoms with van der Waals surface area (Å²) in [6, 6.07) is 16.9. The average molecular weight is 444 g/mol. The van der Waals surface area contributed by atoms with E-state index in [0.717, 1.165) is 5.56 Å². The van der Waals surface area contributed by atoms with Crippen molar-refractivity contribution < 1.29 is 14.3 Å². The molecule has 2 aromatic carbocycles. The lowest BCUT2D eigenvalue weighted by Gasteiger charge is -2.20. The molecule has 1 N–H and O–H groups in total. The van der Waals surface area contributed by atoms with Crippen molar-refractivity contribution in [1.29, 1.82) is 0 Å². The van der Waals surface area contributed by atoms with Gasteiger partial charge >= 0.3 is 0 Å². The van der Waals surface area contributed by atoms with Crippen molar-refractivity contribution >= 4 is 28.8 Å². The lowest BCUT2D eigenvalue weighted by Crippen LogP contribution is -2.30. The van der Waals surface area contributed by atoms with Crippen LogP contribution in [0.25, 0.3) is 0 Å². The van der Waals surface area contributed by atoms with E-state index in [1.807, 2.05) is 30.3 Å². The fourth-order valence-electron chi connectivity index (χ4n) is 3.17. The molecule has 4 nitrogen and oxygen atoms in total. The zero-order valence-corrected chi connectivity index (χ0v) is 18.9. The van der Waals surface area contributed by atoms with Crippen molar-refractivity contribution in [3.05, 3.63) is 81.0 Å². The smallest absolute Gasteiger partial charge is 0.251 e. The molecule has 0 saturated carbocycles. The Labute approximate surface area is 186 Å². The number of nitrogens with one attached hydrogen (secondary N) is 1. The Morgan fingerprint density at radius 1 is 1.10 bits per heavy atom. The summed E-state index contributed by atoms with van der Waals surface area (Å²) in [5.41, 5.74) is 1.42. The SMILES string of the molecule is COc1cc(C(=O)NCC(c2cccs2)C(C)C)ccc1OCc1ccccc1Cl. The summed E-state index contributed by atoms with van der Waals surface area (Å²) in [5, 5.41) is 5.78. The van der Waals surface area contributed by atoms with Crippen LogP contribution in [-0.2, 0) is 6.61 Å². The maximum absolute atomic E-state index is 12.7. The van der Waals surface area contributed by atoms with Crippen LogP contribution < -0.4 is 14.8 Å². The molecule has 0 aliphatic heterocycles. The van der Waals surface area contributed by atoms with Crippen molar-refractivity contribution in [2.75, 3.05) is 13.7 Å². The molecule has 0 aliphatic carbocycles. The molecule has 1 unspecified atom stereocenters. The van der Waals surface area contributed by atoms with Crippen LogP contribution in [0.4, 0.5) is 0 Å². The van der Waals surface area contributed by atoms with E-state index >= 15 is 0 Å². The number of ether oxygens (including phenoxy) is 2. The molecule has 0 saturated heterocycles. The molecule has 0 spiro atoms. The predicted octanol–water partition coefficient (Wildman–Crippen LogP) is 6.16. The molecule has 158 valence electrons. The molecule has 3 rings (SSSR count). The number of hydrogen-bond donors (Lipinski definition) is 1. The van der Waals surface area contributed by atoms with Crippen LogP contribution in [0.1, 0.15) is 40.6 Å². The second-order valence-corrected chi connectivity index (χ2v) is 8.71. The average Bonchev–Trinajstić information content (AvgIpc) is 3.27. The number of carbonyl (C=O) groups is 1. The van der Waals surface area contributed by atoms with Gasteiger partial charge in [0, 0.05) is 33.5 Å². The van der Waals surface area contributed by atoms with Crippen LogP contribution in [0.5, 0.6) is 11.5 Å². The Hall–Kier alpha value is -2.50. The van der Waals surface area contributed by atoms with E-state index in [2.05, 4.69) is 30.6 Å². The first-order valence-electron chi connectivity index (χ1n) is 9.85. The Kier molecular flexibility index (Phi) is 7.77. The first kappa shape index (κ1) is 22.2. The highest BCUT2D eigenvalue weighted by Gasteiger charge is 2.19. The van der Waals surface area contributed by atoms with E-state index in [-0.39, 0.29) is 11.8 Å². The van der Waals surface area contributed by atoms with Crippen molar-refractivity contribution in [2.45, 2.75) is 26.4 Å². The molecule has 1 atom stereocenters. The number of halogens is 1. The molecule has 1 amide bonds. The van der Waals surface area contributed by atoms with Gasteiger partial charge in [-0.3, -0.25) is 4.79 Å². The van der Waals surface area contributed by atoms with E-state index in [9.17, 15) is 4.79 Å². The summed E-state index contributed by atoms with van der Waals surface area (Å²) in [6.07, 6.45) is 0. The topological polar surface area (TPSA) is 47.6 Å². The van der Waals surface area contributed by atoms with Gasteiger partial charge in [0.1, 0.15) is 6.61 Å². The molecule has 0 radical (unpaired) electrons. The molecule has 0 aliphatic rings. The molecular weight excluding hydrogens is 418 g/mol. The summed E-state index contributed by atoms with van der Waals surface area (Å²) >= 11 is 7.91. The number of carbonyl (C=O) groups excluding carboxylic acids is 1. The number of amides is 1. The highest BCUT2D eigenvalue weighted by Crippen LogP contribution is 2.30. The molecule has 1 aromatic heterocycles. The maximum atomic E-state index is 12.7. The van der Waals surface area contributed by atoms with E-state index in [1.54, 1.807) is 36.6 Å². The fraction of sp³-hybridized carbons (Fsp3) is 0.292. The molecular formula is C24H26ClNO3S. The van der Waals surface area contributed by atoms with Crippen LogP contribution in [0.3, 0.4) is 0 Å². The van der Waals surface area contributed by atoms with Crippen LogP contribution in [-0.4, -0.2) is 19.6 Å². The zero-order valence-electron chi connectivity index (χ0n) is 17.4. The highest BCUT2D eigenvalue weighted by atomic mass is 35.5. The number of methoxy groups -OCH3 is 1. The summed E-state index contributed by atoms with van der Waals surface area (Å²) in [5.74, 6) is 1.65. The van der Waals surface area contributed by atoms with Gasteiger partial charge in [-0.05, 0) is 41.6 Å². The summed E-state index contributed by atoms with van der Waals surface area (Å²) < 4.78 is 11.3. The number of thiophene rings is 1. The highest BCUT2D eigenvalue weighted by molar-refractivity contribution is 7.10. The number of benzene rings is 2. The van der Waals surface area contributed by atoms with Crippen molar-refractivity contribution in [2.24, 2.45) is 5.92 Å². The minimum Gasteiger partial charge on any atom is -0.493 e. The largest absolute Gasteiger partial charge is 0.493 e. The first-order valence-corrected chi connectivity index (χ1v) is 11.1. The monoisotopic (exact) mass is 443 g/mol. The van der Waals surface area contributed by atoms with Gasteiger partial charge in [-0.1, -0.05) is 49.7 Å².